The molecule has 2 unspecified atom stereocenters. The van der Waals surface area contributed by atoms with Crippen molar-refractivity contribution < 1.29 is 0 Å². The van der Waals surface area contributed by atoms with Crippen molar-refractivity contribution in [3.05, 3.63) is 57.6 Å². The summed E-state index contributed by atoms with van der Waals surface area (Å²) in [6.45, 7) is 18.0. The van der Waals surface area contributed by atoms with Gasteiger partial charge in [-0.2, -0.15) is 0 Å². The van der Waals surface area contributed by atoms with Crippen molar-refractivity contribution in [1.29, 1.82) is 0 Å². The number of halogens is 2. The lowest BCUT2D eigenvalue weighted by atomic mass is 9.95. The van der Waals surface area contributed by atoms with Gasteiger partial charge in [0, 0.05) is 17.8 Å². The Morgan fingerprint density at radius 1 is 0.636 bits per heavy atom. The monoisotopic (exact) mass is 491 g/mol. The molecule has 2 atom stereocenters. The van der Waals surface area contributed by atoms with E-state index in [4.69, 9.17) is 23.2 Å². The summed E-state index contributed by atoms with van der Waals surface area (Å²) in [4.78, 5) is 5.16. The van der Waals surface area contributed by atoms with Gasteiger partial charge in [-0.3, -0.25) is 9.80 Å². The lowest BCUT2D eigenvalue weighted by molar-refractivity contribution is 0.207. The zero-order valence-corrected chi connectivity index (χ0v) is 22.9. The van der Waals surface area contributed by atoms with Crippen LogP contribution in [0.3, 0.4) is 0 Å². The largest absolute Gasteiger partial charge is 0.353 e. The van der Waals surface area contributed by atoms with Crippen molar-refractivity contribution in [3.63, 3.8) is 0 Å². The molecule has 0 fully saturated rings. The standard InChI is InChI=1S/C28H43Cl2N3/c1-7-17-32(18-8-2)21(5)23-13-11-14-24(22(6)33(19-9-3)20-10-4)27(23)31-28-25(29)15-12-16-26(28)30/h11-16,21-22,31H,7-10,17-20H2,1-6H3. The quantitative estimate of drug-likeness (QED) is 0.284. The van der Waals surface area contributed by atoms with Crippen LogP contribution in [0.1, 0.15) is 90.4 Å². The number of rotatable bonds is 14. The number of para-hydroxylation sites is 2. The molecule has 0 saturated heterocycles. The van der Waals surface area contributed by atoms with E-state index in [1.54, 1.807) is 0 Å². The zero-order valence-electron chi connectivity index (χ0n) is 21.4. The van der Waals surface area contributed by atoms with Gasteiger partial charge in [-0.1, -0.05) is 75.2 Å². The Kier molecular flexibility index (Phi) is 12.0. The summed E-state index contributed by atoms with van der Waals surface area (Å²) in [5.74, 6) is 0. The molecule has 2 aromatic carbocycles. The summed E-state index contributed by atoms with van der Waals surface area (Å²) in [5, 5.41) is 4.98. The molecule has 184 valence electrons. The van der Waals surface area contributed by atoms with Crippen molar-refractivity contribution in [1.82, 2.24) is 9.80 Å². The molecule has 0 bridgehead atoms. The van der Waals surface area contributed by atoms with Gasteiger partial charge in [-0.15, -0.1) is 0 Å². The highest BCUT2D eigenvalue weighted by atomic mass is 35.5. The predicted molar refractivity (Wildman–Crippen MR) is 147 cm³/mol. The summed E-state index contributed by atoms with van der Waals surface area (Å²) in [7, 11) is 0. The van der Waals surface area contributed by atoms with E-state index in [-0.39, 0.29) is 12.1 Å². The molecule has 0 spiro atoms. The molecule has 0 aromatic heterocycles. The number of hydrogen-bond acceptors (Lipinski definition) is 3. The molecule has 0 aliphatic carbocycles. The first-order chi connectivity index (χ1) is 15.9. The van der Waals surface area contributed by atoms with Gasteiger partial charge in [0.1, 0.15) is 0 Å². The van der Waals surface area contributed by atoms with E-state index in [0.29, 0.717) is 10.0 Å². The highest BCUT2D eigenvalue weighted by Crippen LogP contribution is 2.40. The fraction of sp³-hybridized carbons (Fsp3) is 0.571. The van der Waals surface area contributed by atoms with E-state index >= 15 is 0 Å². The van der Waals surface area contributed by atoms with Crippen molar-refractivity contribution in [2.75, 3.05) is 31.5 Å². The molecule has 1 N–H and O–H groups in total. The minimum atomic E-state index is 0.284. The Morgan fingerprint density at radius 3 is 1.36 bits per heavy atom. The maximum atomic E-state index is 6.60. The molecule has 33 heavy (non-hydrogen) atoms. The third-order valence-electron chi connectivity index (χ3n) is 6.38. The molecule has 0 saturated carbocycles. The smallest absolute Gasteiger partial charge is 0.0763 e. The second-order valence-electron chi connectivity index (χ2n) is 8.96. The zero-order chi connectivity index (χ0) is 24.4. The van der Waals surface area contributed by atoms with Crippen molar-refractivity contribution in [2.24, 2.45) is 0 Å². The Hall–Kier alpha value is -1.26. The molecule has 2 aromatic rings. The Labute approximate surface area is 212 Å². The first kappa shape index (κ1) is 28.0. The SMILES string of the molecule is CCCN(CCC)C(C)c1cccc(C(C)N(CCC)CCC)c1Nc1c(Cl)cccc1Cl. The summed E-state index contributed by atoms with van der Waals surface area (Å²) in [6, 6.07) is 13.0. The van der Waals surface area contributed by atoms with Crippen LogP contribution in [0.25, 0.3) is 0 Å². The van der Waals surface area contributed by atoms with Crippen LogP contribution in [0.5, 0.6) is 0 Å². The second kappa shape index (κ2) is 14.2. The van der Waals surface area contributed by atoms with E-state index in [1.807, 2.05) is 18.2 Å². The van der Waals surface area contributed by atoms with Gasteiger partial charge in [-0.25, -0.2) is 0 Å². The third kappa shape index (κ3) is 7.36. The van der Waals surface area contributed by atoms with E-state index in [2.05, 4.69) is 74.9 Å². The first-order valence-electron chi connectivity index (χ1n) is 12.7. The number of nitrogens with one attached hydrogen (secondary N) is 1. The van der Waals surface area contributed by atoms with E-state index in [9.17, 15) is 0 Å². The number of benzene rings is 2. The van der Waals surface area contributed by atoms with Crippen molar-refractivity contribution in [3.8, 4) is 0 Å². The van der Waals surface area contributed by atoms with Crippen LogP contribution in [-0.2, 0) is 0 Å². The maximum absolute atomic E-state index is 6.60. The minimum Gasteiger partial charge on any atom is -0.353 e. The Morgan fingerprint density at radius 2 is 1.00 bits per heavy atom. The lowest BCUT2D eigenvalue weighted by Gasteiger charge is -2.34. The van der Waals surface area contributed by atoms with Crippen LogP contribution in [0.2, 0.25) is 10.0 Å². The molecule has 0 radical (unpaired) electrons. The van der Waals surface area contributed by atoms with E-state index in [0.717, 1.165) is 63.2 Å². The average Bonchev–Trinajstić information content (AvgIpc) is 2.80. The molecule has 2 rings (SSSR count). The number of nitrogens with zero attached hydrogens (tertiary/aromatic N) is 2. The lowest BCUT2D eigenvalue weighted by Crippen LogP contribution is -2.31. The van der Waals surface area contributed by atoms with E-state index < -0.39 is 0 Å². The first-order valence-corrected chi connectivity index (χ1v) is 13.5. The molecule has 0 aliphatic heterocycles. The fourth-order valence-corrected chi connectivity index (χ4v) is 5.20. The summed E-state index contributed by atoms with van der Waals surface area (Å²) >= 11 is 13.2. The normalized spacial score (nSPS) is 13.5. The molecular formula is C28H43Cl2N3. The van der Waals surface area contributed by atoms with Crippen LogP contribution < -0.4 is 5.32 Å². The number of anilines is 2. The van der Waals surface area contributed by atoms with Gasteiger partial charge in [0.2, 0.25) is 0 Å². The average molecular weight is 493 g/mol. The molecule has 0 aliphatic rings. The van der Waals surface area contributed by atoms with Crippen LogP contribution in [-0.4, -0.2) is 36.0 Å². The molecule has 3 nitrogen and oxygen atoms in total. The molecule has 0 heterocycles. The molecule has 0 amide bonds. The van der Waals surface area contributed by atoms with Crippen LogP contribution in [0.15, 0.2) is 36.4 Å². The maximum Gasteiger partial charge on any atom is 0.0763 e. The van der Waals surface area contributed by atoms with Crippen molar-refractivity contribution in [2.45, 2.75) is 79.3 Å². The van der Waals surface area contributed by atoms with Crippen LogP contribution >= 0.6 is 23.2 Å². The molecular weight excluding hydrogens is 449 g/mol. The van der Waals surface area contributed by atoms with E-state index in [1.165, 1.54) is 11.1 Å². The molecule has 5 heteroatoms. The fourth-order valence-electron chi connectivity index (χ4n) is 4.71. The Balaban J connectivity index is 2.63. The van der Waals surface area contributed by atoms with Gasteiger partial charge >= 0.3 is 0 Å². The third-order valence-corrected chi connectivity index (χ3v) is 7.01. The highest BCUT2D eigenvalue weighted by molar-refractivity contribution is 6.39. The minimum absolute atomic E-state index is 0.284. The summed E-state index contributed by atoms with van der Waals surface area (Å²) in [6.07, 6.45) is 4.56. The highest BCUT2D eigenvalue weighted by Gasteiger charge is 2.24. The second-order valence-corrected chi connectivity index (χ2v) is 9.77. The summed E-state index contributed by atoms with van der Waals surface area (Å²) < 4.78 is 0. The number of hydrogen-bond donors (Lipinski definition) is 1. The summed E-state index contributed by atoms with van der Waals surface area (Å²) in [5.41, 5.74) is 4.52. The topological polar surface area (TPSA) is 18.5 Å². The van der Waals surface area contributed by atoms with Gasteiger partial charge in [0.25, 0.3) is 0 Å². The van der Waals surface area contributed by atoms with Crippen molar-refractivity contribution >= 4 is 34.6 Å². The van der Waals surface area contributed by atoms with Gasteiger partial charge in [0.05, 0.1) is 15.7 Å². The Bertz CT molecular complexity index is 783. The van der Waals surface area contributed by atoms with Gasteiger partial charge in [0.15, 0.2) is 0 Å². The predicted octanol–water partition coefficient (Wildman–Crippen LogP) is 9.10. The van der Waals surface area contributed by atoms with Gasteiger partial charge in [-0.05, 0) is 89.0 Å². The van der Waals surface area contributed by atoms with Gasteiger partial charge < -0.3 is 5.32 Å². The van der Waals surface area contributed by atoms with Crippen LogP contribution in [0, 0.1) is 0 Å². The van der Waals surface area contributed by atoms with Crippen LogP contribution in [0.4, 0.5) is 11.4 Å².